The van der Waals surface area contributed by atoms with Crippen LogP contribution in [0.25, 0.3) is 5.69 Å². The fourth-order valence-electron chi connectivity index (χ4n) is 1.80. The molecule has 88 valence electrons. The van der Waals surface area contributed by atoms with E-state index in [4.69, 9.17) is 16.3 Å². The molecule has 1 aromatic carbocycles. The maximum Gasteiger partial charge on any atom is 0.106 e. The predicted octanol–water partition coefficient (Wildman–Crippen LogP) is 2.34. The van der Waals surface area contributed by atoms with Crippen molar-refractivity contribution in [1.29, 1.82) is 0 Å². The lowest BCUT2D eigenvalue weighted by Crippen LogP contribution is -2.40. The van der Waals surface area contributed by atoms with Crippen LogP contribution in [-0.4, -0.2) is 29.0 Å². The number of anilines is 1. The number of aromatic nitrogens is 2. The summed E-state index contributed by atoms with van der Waals surface area (Å²) in [4.78, 5) is 0. The molecule has 0 spiro atoms. The first kappa shape index (κ1) is 10.6. The molecule has 2 heterocycles. The molecule has 0 bridgehead atoms. The zero-order valence-corrected chi connectivity index (χ0v) is 9.89. The van der Waals surface area contributed by atoms with Gasteiger partial charge in [0.25, 0.3) is 0 Å². The lowest BCUT2D eigenvalue weighted by Gasteiger charge is -2.28. The van der Waals surface area contributed by atoms with Crippen LogP contribution in [0.3, 0.4) is 0 Å². The van der Waals surface area contributed by atoms with Crippen LogP contribution in [0.1, 0.15) is 0 Å². The third-order valence-electron chi connectivity index (χ3n) is 2.72. The number of nitrogens with one attached hydrogen (secondary N) is 1. The minimum absolute atomic E-state index is 0.364. The van der Waals surface area contributed by atoms with Gasteiger partial charge >= 0.3 is 0 Å². The highest BCUT2D eigenvalue weighted by molar-refractivity contribution is 6.33. The number of rotatable bonds is 3. The summed E-state index contributed by atoms with van der Waals surface area (Å²) < 4.78 is 6.92. The fraction of sp³-hybridized carbons (Fsp3) is 0.250. The zero-order valence-electron chi connectivity index (χ0n) is 9.14. The first-order chi connectivity index (χ1) is 8.34. The summed E-state index contributed by atoms with van der Waals surface area (Å²) in [5, 5.41) is 8.31. The van der Waals surface area contributed by atoms with Gasteiger partial charge in [-0.3, -0.25) is 0 Å². The first-order valence-electron chi connectivity index (χ1n) is 5.47. The van der Waals surface area contributed by atoms with Crippen molar-refractivity contribution in [1.82, 2.24) is 9.78 Å². The minimum atomic E-state index is 0.364. The fourth-order valence-corrected chi connectivity index (χ4v) is 2.07. The third kappa shape index (κ3) is 2.01. The Labute approximate surface area is 104 Å². The quantitative estimate of drug-likeness (QED) is 0.908. The van der Waals surface area contributed by atoms with Crippen LogP contribution < -0.4 is 5.32 Å². The maximum atomic E-state index is 6.23. The maximum absolute atomic E-state index is 6.23. The average Bonchev–Trinajstić information content (AvgIpc) is 2.76. The van der Waals surface area contributed by atoms with Crippen molar-refractivity contribution in [2.75, 3.05) is 18.5 Å². The normalized spacial score (nSPS) is 15.6. The third-order valence-corrected chi connectivity index (χ3v) is 3.02. The number of ether oxygens (including phenoxy) is 1. The molecule has 0 radical (unpaired) electrons. The summed E-state index contributed by atoms with van der Waals surface area (Å²) in [7, 11) is 0. The van der Waals surface area contributed by atoms with Crippen LogP contribution in [0.4, 0.5) is 5.69 Å². The molecule has 2 aromatic rings. The monoisotopic (exact) mass is 249 g/mol. The van der Waals surface area contributed by atoms with Crippen LogP contribution in [0.15, 0.2) is 36.7 Å². The van der Waals surface area contributed by atoms with Gasteiger partial charge < -0.3 is 10.1 Å². The van der Waals surface area contributed by atoms with Gasteiger partial charge in [-0.2, -0.15) is 5.10 Å². The van der Waals surface area contributed by atoms with Gasteiger partial charge in [-0.1, -0.05) is 17.7 Å². The Bertz CT molecular complexity index is 508. The van der Waals surface area contributed by atoms with Crippen molar-refractivity contribution in [3.63, 3.8) is 0 Å². The second-order valence-electron chi connectivity index (χ2n) is 3.97. The number of hydrogen-bond donors (Lipinski definition) is 1. The second kappa shape index (κ2) is 4.39. The van der Waals surface area contributed by atoms with E-state index >= 15 is 0 Å². The van der Waals surface area contributed by atoms with Gasteiger partial charge in [0.05, 0.1) is 30.0 Å². The highest BCUT2D eigenvalue weighted by Crippen LogP contribution is 2.29. The standard InChI is InChI=1S/C12H12ClN3O/c13-10-3-1-4-11(15-9-7-17-8-9)12(10)16-6-2-5-14-16/h1-6,9,15H,7-8H2. The molecule has 1 saturated heterocycles. The van der Waals surface area contributed by atoms with E-state index in [0.717, 1.165) is 24.6 Å². The highest BCUT2D eigenvalue weighted by atomic mass is 35.5. The number of benzene rings is 1. The molecule has 0 atom stereocenters. The summed E-state index contributed by atoms with van der Waals surface area (Å²) in [6.45, 7) is 1.48. The lowest BCUT2D eigenvalue weighted by atomic mass is 10.2. The molecule has 5 heteroatoms. The van der Waals surface area contributed by atoms with Crippen LogP contribution in [0.2, 0.25) is 5.02 Å². The van der Waals surface area contributed by atoms with Gasteiger partial charge in [0.15, 0.2) is 0 Å². The van der Waals surface area contributed by atoms with Crippen LogP contribution in [0, 0.1) is 0 Å². The topological polar surface area (TPSA) is 39.1 Å². The molecule has 17 heavy (non-hydrogen) atoms. The van der Waals surface area contributed by atoms with E-state index in [2.05, 4.69) is 10.4 Å². The number of halogens is 1. The van der Waals surface area contributed by atoms with Crippen LogP contribution in [0.5, 0.6) is 0 Å². The van der Waals surface area contributed by atoms with E-state index in [1.165, 1.54) is 0 Å². The number of para-hydroxylation sites is 1. The first-order valence-corrected chi connectivity index (χ1v) is 5.85. The molecule has 0 saturated carbocycles. The number of nitrogens with zero attached hydrogens (tertiary/aromatic N) is 2. The van der Waals surface area contributed by atoms with Gasteiger partial charge in [0.1, 0.15) is 5.69 Å². The van der Waals surface area contributed by atoms with Crippen molar-refractivity contribution >= 4 is 17.3 Å². The molecule has 4 nitrogen and oxygen atoms in total. The molecule has 0 amide bonds. The Balaban J connectivity index is 1.99. The van der Waals surface area contributed by atoms with E-state index in [-0.39, 0.29) is 0 Å². The largest absolute Gasteiger partial charge is 0.377 e. The summed E-state index contributed by atoms with van der Waals surface area (Å²) in [5.74, 6) is 0. The van der Waals surface area contributed by atoms with E-state index in [0.29, 0.717) is 11.1 Å². The summed E-state index contributed by atoms with van der Waals surface area (Å²) in [6, 6.07) is 8.03. The Morgan fingerprint density at radius 1 is 1.35 bits per heavy atom. The van der Waals surface area contributed by atoms with E-state index in [1.807, 2.05) is 30.5 Å². The molecular formula is C12H12ClN3O. The average molecular weight is 250 g/mol. The SMILES string of the molecule is Clc1cccc(NC2COC2)c1-n1cccn1. The van der Waals surface area contributed by atoms with Gasteiger partial charge in [0.2, 0.25) is 0 Å². The molecule has 1 fully saturated rings. The van der Waals surface area contributed by atoms with Gasteiger partial charge in [-0.15, -0.1) is 0 Å². The molecule has 1 aliphatic rings. The summed E-state index contributed by atoms with van der Waals surface area (Å²) in [6.07, 6.45) is 3.61. The van der Waals surface area contributed by atoms with Crippen LogP contribution in [-0.2, 0) is 4.74 Å². The zero-order chi connectivity index (χ0) is 11.7. The van der Waals surface area contributed by atoms with Gasteiger partial charge in [-0.05, 0) is 18.2 Å². The predicted molar refractivity (Wildman–Crippen MR) is 66.8 cm³/mol. The summed E-state index contributed by atoms with van der Waals surface area (Å²) in [5.41, 5.74) is 1.86. The van der Waals surface area contributed by atoms with Crippen molar-refractivity contribution < 1.29 is 4.74 Å². The van der Waals surface area contributed by atoms with E-state index in [9.17, 15) is 0 Å². The Kier molecular flexibility index (Phi) is 2.74. The van der Waals surface area contributed by atoms with E-state index < -0.39 is 0 Å². The van der Waals surface area contributed by atoms with E-state index in [1.54, 1.807) is 10.9 Å². The summed E-state index contributed by atoms with van der Waals surface area (Å²) >= 11 is 6.23. The smallest absolute Gasteiger partial charge is 0.106 e. The molecule has 3 rings (SSSR count). The lowest BCUT2D eigenvalue weighted by molar-refractivity contribution is 0.0211. The van der Waals surface area contributed by atoms with Crippen LogP contribution >= 0.6 is 11.6 Å². The minimum Gasteiger partial charge on any atom is -0.377 e. The van der Waals surface area contributed by atoms with Crippen molar-refractivity contribution in [2.45, 2.75) is 6.04 Å². The molecular weight excluding hydrogens is 238 g/mol. The molecule has 1 aromatic heterocycles. The highest BCUT2D eigenvalue weighted by Gasteiger charge is 2.20. The van der Waals surface area contributed by atoms with Crippen molar-refractivity contribution in [3.8, 4) is 5.69 Å². The van der Waals surface area contributed by atoms with Gasteiger partial charge in [0, 0.05) is 12.4 Å². The number of hydrogen-bond acceptors (Lipinski definition) is 3. The molecule has 0 aliphatic carbocycles. The molecule has 1 aliphatic heterocycles. The van der Waals surface area contributed by atoms with Crippen molar-refractivity contribution in [3.05, 3.63) is 41.7 Å². The molecule has 0 unspecified atom stereocenters. The van der Waals surface area contributed by atoms with Gasteiger partial charge in [-0.25, -0.2) is 4.68 Å². The van der Waals surface area contributed by atoms with Crippen molar-refractivity contribution in [2.24, 2.45) is 0 Å². The Morgan fingerprint density at radius 2 is 2.24 bits per heavy atom. The molecule has 1 N–H and O–H groups in total. The second-order valence-corrected chi connectivity index (χ2v) is 4.37. The Morgan fingerprint density at radius 3 is 2.88 bits per heavy atom. The Hall–Kier alpha value is -1.52.